The normalized spacial score (nSPS) is 22.7. The monoisotopic (exact) mass is 520 g/mol. The van der Waals surface area contributed by atoms with Crippen LogP contribution in [0.1, 0.15) is 38.5 Å². The van der Waals surface area contributed by atoms with Crippen LogP contribution in [-0.4, -0.2) is 30.2 Å². The lowest BCUT2D eigenvalue weighted by molar-refractivity contribution is -0.129. The second-order valence-electron chi connectivity index (χ2n) is 10.4. The fourth-order valence-electron chi connectivity index (χ4n) is 6.44. The first kappa shape index (κ1) is 24.6. The van der Waals surface area contributed by atoms with E-state index in [1.54, 1.807) is 0 Å². The molecule has 3 atom stereocenters. The fraction of sp³-hybridized carbons (Fsp3) is 0.212. The lowest BCUT2D eigenvalue weighted by Gasteiger charge is -2.36. The Morgan fingerprint density at radius 1 is 0.921 bits per heavy atom. The Bertz CT molecular complexity index is 1520. The molecule has 0 aliphatic carbocycles. The van der Waals surface area contributed by atoms with Gasteiger partial charge in [0.05, 0.1) is 12.5 Å². The molecule has 4 aromatic carbocycles. The number of fused-ring (bicyclic) bond motifs is 2. The number of likely N-dealkylation sites (tertiary alicyclic amines) is 1. The highest BCUT2D eigenvalue weighted by molar-refractivity contribution is 6.30. The molecule has 190 valence electrons. The lowest BCUT2D eigenvalue weighted by Crippen LogP contribution is -2.53. The van der Waals surface area contributed by atoms with Gasteiger partial charge < -0.3 is 4.90 Å². The summed E-state index contributed by atoms with van der Waals surface area (Å²) in [5, 5.41) is 0.631. The van der Waals surface area contributed by atoms with E-state index in [1.165, 1.54) is 0 Å². The van der Waals surface area contributed by atoms with Crippen molar-refractivity contribution in [2.24, 2.45) is 5.92 Å². The molecule has 0 saturated carbocycles. The third-order valence-corrected chi connectivity index (χ3v) is 8.41. The Balaban J connectivity index is 1.54. The topological polar surface area (TPSA) is 40.6 Å². The van der Waals surface area contributed by atoms with Gasteiger partial charge in [-0.05, 0) is 43.3 Å². The van der Waals surface area contributed by atoms with Crippen molar-refractivity contribution < 1.29 is 9.59 Å². The highest BCUT2D eigenvalue weighted by atomic mass is 35.5. The Morgan fingerprint density at radius 2 is 1.63 bits per heavy atom. The molecule has 4 aromatic rings. The van der Waals surface area contributed by atoms with Crippen LogP contribution in [0.2, 0.25) is 5.02 Å². The SMILES string of the molecule is Cc1ccc([C@@H]2CN(C)[C@]3(C(=O)N(Cc4cccc(Cl)c4)c4ccccc43)[C@H]2C(=O)c2ccccc2)cc1. The van der Waals surface area contributed by atoms with E-state index in [0.717, 1.165) is 27.9 Å². The Kier molecular flexibility index (Phi) is 6.17. The summed E-state index contributed by atoms with van der Waals surface area (Å²) in [7, 11) is 1.98. The molecule has 38 heavy (non-hydrogen) atoms. The van der Waals surface area contributed by atoms with Crippen LogP contribution in [0.5, 0.6) is 0 Å². The first-order valence-electron chi connectivity index (χ1n) is 12.9. The second kappa shape index (κ2) is 9.54. The number of likely N-dealkylation sites (N-methyl/N-ethyl adjacent to an activating group) is 1. The zero-order chi connectivity index (χ0) is 26.4. The number of anilines is 1. The molecular weight excluding hydrogens is 492 g/mol. The minimum absolute atomic E-state index is 0.00622. The zero-order valence-corrected chi connectivity index (χ0v) is 22.2. The fourth-order valence-corrected chi connectivity index (χ4v) is 6.66. The maximum absolute atomic E-state index is 14.8. The van der Waals surface area contributed by atoms with Gasteiger partial charge in [0.1, 0.15) is 5.54 Å². The van der Waals surface area contributed by atoms with Crippen molar-refractivity contribution in [1.82, 2.24) is 4.90 Å². The van der Waals surface area contributed by atoms with Crippen molar-refractivity contribution >= 4 is 29.0 Å². The number of carbonyl (C=O) groups excluding carboxylic acids is 2. The van der Waals surface area contributed by atoms with Gasteiger partial charge >= 0.3 is 0 Å². The maximum atomic E-state index is 14.8. The Labute approximate surface area is 228 Å². The zero-order valence-electron chi connectivity index (χ0n) is 21.5. The molecule has 0 bridgehead atoms. The van der Waals surface area contributed by atoms with E-state index in [1.807, 2.05) is 90.8 Å². The molecule has 6 rings (SSSR count). The third kappa shape index (κ3) is 3.79. The number of hydrogen-bond donors (Lipinski definition) is 0. The molecular formula is C33H29ClN2O2. The van der Waals surface area contributed by atoms with Crippen LogP contribution in [0.15, 0.2) is 103 Å². The van der Waals surface area contributed by atoms with Crippen LogP contribution in [-0.2, 0) is 16.9 Å². The highest BCUT2D eigenvalue weighted by Crippen LogP contribution is 2.57. The third-order valence-electron chi connectivity index (χ3n) is 8.18. The van der Waals surface area contributed by atoms with Crippen LogP contribution in [0.25, 0.3) is 0 Å². The Hall–Kier alpha value is -3.73. The van der Waals surface area contributed by atoms with Crippen LogP contribution < -0.4 is 4.90 Å². The minimum Gasteiger partial charge on any atom is -0.306 e. The quantitative estimate of drug-likeness (QED) is 0.278. The lowest BCUT2D eigenvalue weighted by atomic mass is 9.70. The van der Waals surface area contributed by atoms with E-state index in [0.29, 0.717) is 23.7 Å². The number of nitrogens with zero attached hydrogens (tertiary/aromatic N) is 2. The number of ketones is 1. The molecule has 2 aliphatic heterocycles. The molecule has 4 nitrogen and oxygen atoms in total. The number of Topliss-reactive ketones (excluding diaryl/α,β-unsaturated/α-hetero) is 1. The van der Waals surface area contributed by atoms with Crippen LogP contribution >= 0.6 is 11.6 Å². The van der Waals surface area contributed by atoms with Crippen LogP contribution in [0.3, 0.4) is 0 Å². The molecule has 0 unspecified atom stereocenters. The molecule has 2 heterocycles. The number of aryl methyl sites for hydroxylation is 1. The standard InChI is InChI=1S/C33H29ClN2O2/c1-22-15-17-24(18-16-22)27-21-35(2)33(30(27)31(37)25-10-4-3-5-11-25)28-13-6-7-14-29(28)36(32(33)38)20-23-9-8-12-26(34)19-23/h3-19,27,30H,20-21H2,1-2H3/t27-,30+,33-/m0/s1. The average molecular weight is 521 g/mol. The summed E-state index contributed by atoms with van der Waals surface area (Å²) in [5.41, 5.74) is 4.43. The van der Waals surface area contributed by atoms with E-state index < -0.39 is 11.5 Å². The maximum Gasteiger partial charge on any atom is 0.253 e. The van der Waals surface area contributed by atoms with E-state index in [9.17, 15) is 9.59 Å². The van der Waals surface area contributed by atoms with Crippen molar-refractivity contribution in [3.8, 4) is 0 Å². The van der Waals surface area contributed by atoms with Crippen LogP contribution in [0, 0.1) is 12.8 Å². The van der Waals surface area contributed by atoms with E-state index >= 15 is 0 Å². The summed E-state index contributed by atoms with van der Waals surface area (Å²) in [6, 6.07) is 33.3. The van der Waals surface area contributed by atoms with Gasteiger partial charge in [-0.2, -0.15) is 0 Å². The molecule has 0 radical (unpaired) electrons. The summed E-state index contributed by atoms with van der Waals surface area (Å²) in [5.74, 6) is -0.801. The summed E-state index contributed by atoms with van der Waals surface area (Å²) in [4.78, 5) is 33.2. The molecule has 2 aliphatic rings. The predicted molar refractivity (Wildman–Crippen MR) is 152 cm³/mol. The van der Waals surface area contributed by atoms with Gasteiger partial charge in [-0.1, -0.05) is 102 Å². The summed E-state index contributed by atoms with van der Waals surface area (Å²) >= 11 is 6.28. The van der Waals surface area contributed by atoms with E-state index in [-0.39, 0.29) is 17.6 Å². The minimum atomic E-state index is -1.11. The van der Waals surface area contributed by atoms with Crippen molar-refractivity contribution in [2.45, 2.75) is 24.9 Å². The Morgan fingerprint density at radius 3 is 2.37 bits per heavy atom. The first-order valence-corrected chi connectivity index (χ1v) is 13.3. The largest absolute Gasteiger partial charge is 0.306 e. The van der Waals surface area contributed by atoms with Gasteiger partial charge in [-0.15, -0.1) is 0 Å². The molecule has 1 amide bonds. The predicted octanol–water partition coefficient (Wildman–Crippen LogP) is 6.62. The van der Waals surface area contributed by atoms with Gasteiger partial charge in [0.2, 0.25) is 0 Å². The smallest absolute Gasteiger partial charge is 0.253 e. The van der Waals surface area contributed by atoms with E-state index in [2.05, 4.69) is 36.1 Å². The number of hydrogen-bond acceptors (Lipinski definition) is 3. The van der Waals surface area contributed by atoms with Gasteiger partial charge in [-0.3, -0.25) is 14.5 Å². The number of amides is 1. The first-order chi connectivity index (χ1) is 18.4. The molecule has 5 heteroatoms. The van der Waals surface area contributed by atoms with Crippen molar-refractivity contribution in [1.29, 1.82) is 0 Å². The van der Waals surface area contributed by atoms with Crippen molar-refractivity contribution in [2.75, 3.05) is 18.5 Å². The number of rotatable bonds is 5. The van der Waals surface area contributed by atoms with Gasteiger partial charge in [0.25, 0.3) is 5.91 Å². The summed E-state index contributed by atoms with van der Waals surface area (Å²) in [6.07, 6.45) is 0. The molecule has 0 aromatic heterocycles. The number of benzene rings is 4. The molecule has 1 spiro atoms. The molecule has 1 fully saturated rings. The number of para-hydroxylation sites is 1. The summed E-state index contributed by atoms with van der Waals surface area (Å²) < 4.78 is 0. The van der Waals surface area contributed by atoms with Crippen LogP contribution in [0.4, 0.5) is 5.69 Å². The number of carbonyl (C=O) groups is 2. The second-order valence-corrected chi connectivity index (χ2v) is 10.8. The number of halogens is 1. The van der Waals surface area contributed by atoms with Gasteiger partial charge in [-0.25, -0.2) is 0 Å². The molecule has 1 saturated heterocycles. The highest BCUT2D eigenvalue weighted by Gasteiger charge is 2.66. The average Bonchev–Trinajstić information content (AvgIpc) is 3.37. The summed E-state index contributed by atoms with van der Waals surface area (Å²) in [6.45, 7) is 3.04. The van der Waals surface area contributed by atoms with Gasteiger partial charge in [0.15, 0.2) is 5.78 Å². The van der Waals surface area contributed by atoms with Crippen molar-refractivity contribution in [3.05, 3.63) is 136 Å². The van der Waals surface area contributed by atoms with Crippen molar-refractivity contribution in [3.63, 3.8) is 0 Å². The van der Waals surface area contributed by atoms with E-state index in [4.69, 9.17) is 11.6 Å². The molecule has 0 N–H and O–H groups in total. The van der Waals surface area contributed by atoms with Gasteiger partial charge in [0, 0.05) is 34.3 Å².